The van der Waals surface area contributed by atoms with Gasteiger partial charge in [0.2, 0.25) is 10.0 Å². The minimum Gasteiger partial charge on any atom is -0.431 e. The van der Waals surface area contributed by atoms with Gasteiger partial charge in [0.25, 0.3) is 5.22 Å². The van der Waals surface area contributed by atoms with Gasteiger partial charge in [-0.05, 0) is 52.1 Å². The summed E-state index contributed by atoms with van der Waals surface area (Å²) in [7, 11) is -3.66. The number of oxazole rings is 1. The zero-order valence-corrected chi connectivity index (χ0v) is 32.9. The van der Waals surface area contributed by atoms with E-state index >= 15 is 0 Å². The molecule has 0 saturated carbocycles. The summed E-state index contributed by atoms with van der Waals surface area (Å²) in [5.74, 6) is 1.25. The number of ether oxygens (including phenoxy) is 2. The minimum atomic E-state index is -3.66. The van der Waals surface area contributed by atoms with Crippen LogP contribution >= 0.6 is 11.8 Å². The van der Waals surface area contributed by atoms with Gasteiger partial charge < -0.3 is 19.0 Å². The molecule has 288 valence electrons. The van der Waals surface area contributed by atoms with E-state index in [-0.39, 0.29) is 36.2 Å². The number of nitrogens with zero attached hydrogens (tertiary/aromatic N) is 1. The molecule has 2 N–H and O–H groups in total. The fourth-order valence-electron chi connectivity index (χ4n) is 6.99. The molecule has 8 rings (SSSR count). The van der Waals surface area contributed by atoms with E-state index in [2.05, 4.69) is 17.7 Å². The monoisotopic (exact) mass is 794 g/mol. The van der Waals surface area contributed by atoms with Gasteiger partial charge in [0.1, 0.15) is 5.69 Å². The predicted octanol–water partition coefficient (Wildman–Crippen LogP) is 10.2. The van der Waals surface area contributed by atoms with E-state index in [0.29, 0.717) is 11.0 Å². The molecule has 8 nitrogen and oxygen atoms in total. The van der Waals surface area contributed by atoms with Gasteiger partial charge in [-0.2, -0.15) is 0 Å². The molecule has 1 aliphatic heterocycles. The van der Waals surface area contributed by atoms with E-state index in [0.717, 1.165) is 56.0 Å². The molecule has 10 heteroatoms. The van der Waals surface area contributed by atoms with Gasteiger partial charge in [-0.15, -0.1) is 0 Å². The number of hydrogen-bond donors (Lipinski definition) is 2. The number of hydrogen-bond acceptors (Lipinski definition) is 8. The van der Waals surface area contributed by atoms with E-state index in [1.807, 2.05) is 127 Å². The Morgan fingerprint density at radius 2 is 1.30 bits per heavy atom. The highest BCUT2D eigenvalue weighted by Crippen LogP contribution is 2.44. The van der Waals surface area contributed by atoms with E-state index in [9.17, 15) is 13.5 Å². The van der Waals surface area contributed by atoms with E-state index < -0.39 is 16.3 Å². The first kappa shape index (κ1) is 38.5. The van der Waals surface area contributed by atoms with Crippen LogP contribution in [-0.4, -0.2) is 30.4 Å². The molecule has 1 aliphatic rings. The quantitative estimate of drug-likeness (QED) is 0.111. The van der Waals surface area contributed by atoms with Gasteiger partial charge in [0.15, 0.2) is 12.1 Å². The third kappa shape index (κ3) is 8.97. The lowest BCUT2D eigenvalue weighted by Crippen LogP contribution is -2.38. The summed E-state index contributed by atoms with van der Waals surface area (Å²) < 4.78 is 48.6. The van der Waals surface area contributed by atoms with Crippen LogP contribution in [0.3, 0.4) is 0 Å². The van der Waals surface area contributed by atoms with Crippen molar-refractivity contribution in [3.8, 4) is 33.7 Å². The number of benzene rings is 6. The van der Waals surface area contributed by atoms with Crippen LogP contribution in [0.15, 0.2) is 178 Å². The van der Waals surface area contributed by atoms with Crippen molar-refractivity contribution in [2.45, 2.75) is 48.7 Å². The van der Waals surface area contributed by atoms with E-state index in [1.165, 1.54) is 11.8 Å². The van der Waals surface area contributed by atoms with E-state index in [4.69, 9.17) is 18.9 Å². The van der Waals surface area contributed by atoms with Gasteiger partial charge >= 0.3 is 0 Å². The first-order chi connectivity index (χ1) is 27.8. The minimum absolute atomic E-state index is 0.0364. The largest absolute Gasteiger partial charge is 0.431 e. The van der Waals surface area contributed by atoms with Crippen molar-refractivity contribution in [1.29, 1.82) is 0 Å². The van der Waals surface area contributed by atoms with Crippen LogP contribution in [0.2, 0.25) is 0 Å². The Balaban J connectivity index is 1.05. The molecular formula is C47H42N2O6S2. The van der Waals surface area contributed by atoms with Crippen LogP contribution in [0.5, 0.6) is 0 Å². The molecule has 0 spiro atoms. The Morgan fingerprint density at radius 1 is 0.667 bits per heavy atom. The second kappa shape index (κ2) is 17.4. The van der Waals surface area contributed by atoms with Crippen LogP contribution in [-0.2, 0) is 32.6 Å². The van der Waals surface area contributed by atoms with Crippen LogP contribution < -0.4 is 4.72 Å². The highest BCUT2D eigenvalue weighted by Gasteiger charge is 2.39. The van der Waals surface area contributed by atoms with Gasteiger partial charge in [0, 0.05) is 34.9 Å². The summed E-state index contributed by atoms with van der Waals surface area (Å²) in [6, 6.07) is 52.2. The highest BCUT2D eigenvalue weighted by molar-refractivity contribution is 7.99. The van der Waals surface area contributed by atoms with Crippen molar-refractivity contribution in [3.63, 3.8) is 0 Å². The molecule has 0 amide bonds. The molecule has 1 aromatic heterocycles. The maximum atomic E-state index is 12.9. The average molecular weight is 795 g/mol. The Labute approximate surface area is 337 Å². The van der Waals surface area contributed by atoms with Crippen molar-refractivity contribution in [2.75, 3.05) is 5.75 Å². The van der Waals surface area contributed by atoms with Gasteiger partial charge in [-0.3, -0.25) is 0 Å². The third-order valence-corrected chi connectivity index (χ3v) is 12.5. The van der Waals surface area contributed by atoms with Gasteiger partial charge in [0.05, 0.1) is 23.7 Å². The first-order valence-corrected chi connectivity index (χ1v) is 21.3. The summed E-state index contributed by atoms with van der Waals surface area (Å²) in [5.41, 5.74) is 8.13. The van der Waals surface area contributed by atoms with Crippen molar-refractivity contribution >= 4 is 21.8 Å². The lowest BCUT2D eigenvalue weighted by Gasteiger charge is -2.41. The number of aliphatic hydroxyl groups is 1. The van der Waals surface area contributed by atoms with Gasteiger partial charge in [-0.1, -0.05) is 158 Å². The molecule has 0 bridgehead atoms. The molecule has 1 saturated heterocycles. The molecule has 0 unspecified atom stereocenters. The Hall–Kier alpha value is -5.33. The summed E-state index contributed by atoms with van der Waals surface area (Å²) in [5, 5.41) is 10.3. The topological polar surface area (TPSA) is 111 Å². The summed E-state index contributed by atoms with van der Waals surface area (Å²) in [6.07, 6.45) is -1.22. The summed E-state index contributed by atoms with van der Waals surface area (Å²) in [6.45, 7) is 2.25. The normalized spacial score (nSPS) is 18.4. The fourth-order valence-corrected chi connectivity index (χ4v) is 9.02. The van der Waals surface area contributed by atoms with Crippen LogP contribution in [0, 0.1) is 5.92 Å². The molecule has 6 aromatic carbocycles. The zero-order chi connectivity index (χ0) is 39.2. The molecule has 2 heterocycles. The fraction of sp³-hybridized carbons (Fsp3) is 0.170. The van der Waals surface area contributed by atoms with Crippen LogP contribution in [0.1, 0.15) is 41.6 Å². The zero-order valence-electron chi connectivity index (χ0n) is 31.3. The predicted molar refractivity (Wildman–Crippen MR) is 223 cm³/mol. The lowest BCUT2D eigenvalue weighted by molar-refractivity contribution is -0.268. The number of thioether (sulfide) groups is 1. The standard InChI is InChI=1S/C47H42N2O6S2/c1-32-42(31-56-47-49-43(35-14-5-2-6-15-35)45(55-47)36-16-7-3-8-17-36)53-46(54-44(32)37-25-23-33(30-50)24-26-37)40-20-12-19-39(28-40)38-18-11-13-34(27-38)29-48-57(51,52)41-21-9-4-10-22-41/h2-28,32,42,44,46,48,50H,29-31H2,1H3/t32-,42+,44+,46+/m0/s1. The number of aliphatic hydroxyl groups excluding tert-OH is 1. The maximum absolute atomic E-state index is 12.9. The molecule has 0 radical (unpaired) electrons. The molecule has 1 fully saturated rings. The molecule has 4 atom stereocenters. The molecule has 0 aliphatic carbocycles. The van der Waals surface area contributed by atoms with Crippen molar-refractivity contribution < 1.29 is 27.4 Å². The first-order valence-electron chi connectivity index (χ1n) is 18.8. The van der Waals surface area contributed by atoms with Gasteiger partial charge in [-0.25, -0.2) is 18.1 Å². The molecule has 7 aromatic rings. The second-order valence-electron chi connectivity index (χ2n) is 14.0. The smallest absolute Gasteiger partial charge is 0.256 e. The average Bonchev–Trinajstić information content (AvgIpc) is 3.71. The Bertz CT molecular complexity index is 2460. The van der Waals surface area contributed by atoms with Crippen LogP contribution in [0.4, 0.5) is 0 Å². The van der Waals surface area contributed by atoms with E-state index in [1.54, 1.807) is 30.3 Å². The number of nitrogens with one attached hydrogen (secondary N) is 1. The number of sulfonamides is 1. The molecule has 57 heavy (non-hydrogen) atoms. The number of aromatic nitrogens is 1. The Morgan fingerprint density at radius 3 is 2.00 bits per heavy atom. The summed E-state index contributed by atoms with van der Waals surface area (Å²) in [4.78, 5) is 5.21. The van der Waals surface area contributed by atoms with Crippen molar-refractivity contribution in [1.82, 2.24) is 9.71 Å². The van der Waals surface area contributed by atoms with Crippen molar-refractivity contribution in [2.24, 2.45) is 5.92 Å². The van der Waals surface area contributed by atoms with Crippen molar-refractivity contribution in [3.05, 3.63) is 186 Å². The highest BCUT2D eigenvalue weighted by atomic mass is 32.2. The maximum Gasteiger partial charge on any atom is 0.256 e. The third-order valence-electron chi connectivity index (χ3n) is 10.1. The molecular weight excluding hydrogens is 753 g/mol. The summed E-state index contributed by atoms with van der Waals surface area (Å²) >= 11 is 1.52. The number of rotatable bonds is 13. The SMILES string of the molecule is C[C@H]1[C@@H](CSc2nc(-c3ccccc3)c(-c3ccccc3)o2)O[C@@H](c2cccc(-c3cccc(CNS(=O)(=O)c4ccccc4)c3)c2)O[C@H]1c1ccc(CO)cc1. The lowest BCUT2D eigenvalue weighted by atomic mass is 9.91. The Kier molecular flexibility index (Phi) is 11.8. The second-order valence-corrected chi connectivity index (χ2v) is 16.7. The van der Waals surface area contributed by atoms with Crippen LogP contribution in [0.25, 0.3) is 33.7 Å².